The Morgan fingerprint density at radius 1 is 1.24 bits per heavy atom. The van der Waals surface area contributed by atoms with E-state index in [0.29, 0.717) is 19.4 Å². The normalized spacial score (nSPS) is 18.0. The molecule has 0 spiro atoms. The van der Waals surface area contributed by atoms with Crippen molar-refractivity contribution in [1.82, 2.24) is 15.5 Å². The van der Waals surface area contributed by atoms with Crippen LogP contribution in [0, 0.1) is 0 Å². The quantitative estimate of drug-likeness (QED) is 0.368. The lowest BCUT2D eigenvalue weighted by molar-refractivity contribution is -0.149. The Balaban J connectivity index is 1.77. The first-order chi connectivity index (χ1) is 13.7. The summed E-state index contributed by atoms with van der Waals surface area (Å²) >= 11 is 0. The number of nitrogens with zero attached hydrogens (tertiary/aromatic N) is 1. The standard InChI is InChI=1S/C19H26N4O6/c1-11(18(27)23-8-2-3-15(23)19(28)29)22-16(25)10-21-17(26)14(20)9-12-4-6-13(24)7-5-12/h4-7,11,14-15,24H,2-3,8-10,20H2,1H3,(H,21,26)(H,22,25)(H,28,29). The van der Waals surface area contributed by atoms with E-state index in [0.717, 1.165) is 5.56 Å². The van der Waals surface area contributed by atoms with Gasteiger partial charge in [0.1, 0.15) is 17.8 Å². The number of benzene rings is 1. The van der Waals surface area contributed by atoms with Gasteiger partial charge in [-0.15, -0.1) is 0 Å². The SMILES string of the molecule is CC(NC(=O)CNC(=O)C(N)Cc1ccc(O)cc1)C(=O)N1CCCC1C(=O)O. The number of amides is 3. The molecule has 158 valence electrons. The number of hydrogen-bond donors (Lipinski definition) is 5. The Morgan fingerprint density at radius 3 is 2.52 bits per heavy atom. The molecule has 1 aliphatic heterocycles. The first-order valence-corrected chi connectivity index (χ1v) is 9.33. The summed E-state index contributed by atoms with van der Waals surface area (Å²) in [6.45, 7) is 1.44. The third-order valence-corrected chi connectivity index (χ3v) is 4.72. The van der Waals surface area contributed by atoms with Crippen molar-refractivity contribution >= 4 is 23.7 Å². The smallest absolute Gasteiger partial charge is 0.326 e. The predicted molar refractivity (Wildman–Crippen MR) is 103 cm³/mol. The monoisotopic (exact) mass is 406 g/mol. The molecule has 0 saturated carbocycles. The van der Waals surface area contributed by atoms with Crippen LogP contribution in [0.3, 0.4) is 0 Å². The van der Waals surface area contributed by atoms with Gasteiger partial charge in [-0.2, -0.15) is 0 Å². The van der Waals surface area contributed by atoms with Crippen molar-refractivity contribution in [3.05, 3.63) is 29.8 Å². The number of likely N-dealkylation sites (tertiary alicyclic amines) is 1. The van der Waals surface area contributed by atoms with Gasteiger partial charge in [0.05, 0.1) is 12.6 Å². The van der Waals surface area contributed by atoms with Gasteiger partial charge in [-0.1, -0.05) is 12.1 Å². The molecule has 1 aromatic carbocycles. The van der Waals surface area contributed by atoms with Crippen LogP contribution in [-0.2, 0) is 25.6 Å². The molecule has 0 aromatic heterocycles. The van der Waals surface area contributed by atoms with Crippen LogP contribution in [0.1, 0.15) is 25.3 Å². The molecule has 3 atom stereocenters. The number of rotatable bonds is 8. The molecule has 0 radical (unpaired) electrons. The second kappa shape index (κ2) is 9.87. The lowest BCUT2D eigenvalue weighted by Gasteiger charge is -2.25. The predicted octanol–water partition coefficient (Wildman–Crippen LogP) is -1.04. The summed E-state index contributed by atoms with van der Waals surface area (Å²) < 4.78 is 0. The van der Waals surface area contributed by atoms with Gasteiger partial charge in [-0.05, 0) is 43.9 Å². The average Bonchev–Trinajstić information content (AvgIpc) is 3.17. The van der Waals surface area contributed by atoms with Gasteiger partial charge in [-0.3, -0.25) is 14.4 Å². The van der Waals surface area contributed by atoms with Gasteiger partial charge in [-0.25, -0.2) is 4.79 Å². The van der Waals surface area contributed by atoms with Gasteiger partial charge >= 0.3 is 5.97 Å². The topological polar surface area (TPSA) is 162 Å². The fourth-order valence-electron chi connectivity index (χ4n) is 3.17. The molecule has 1 aromatic rings. The lowest BCUT2D eigenvalue weighted by atomic mass is 10.1. The maximum atomic E-state index is 12.4. The van der Waals surface area contributed by atoms with Crippen LogP contribution in [0.2, 0.25) is 0 Å². The fourth-order valence-corrected chi connectivity index (χ4v) is 3.17. The summed E-state index contributed by atoms with van der Waals surface area (Å²) in [6, 6.07) is 3.59. The zero-order valence-corrected chi connectivity index (χ0v) is 16.1. The number of carbonyl (C=O) groups excluding carboxylic acids is 3. The van der Waals surface area contributed by atoms with Gasteiger partial charge < -0.3 is 31.5 Å². The summed E-state index contributed by atoms with van der Waals surface area (Å²) in [7, 11) is 0. The van der Waals surface area contributed by atoms with Crippen LogP contribution in [-0.4, -0.2) is 70.0 Å². The first-order valence-electron chi connectivity index (χ1n) is 9.33. The molecular weight excluding hydrogens is 380 g/mol. The second-order valence-corrected chi connectivity index (χ2v) is 7.01. The molecule has 10 heteroatoms. The van der Waals surface area contributed by atoms with Gasteiger partial charge in [0.25, 0.3) is 0 Å². The molecule has 2 rings (SSSR count). The second-order valence-electron chi connectivity index (χ2n) is 7.01. The molecule has 29 heavy (non-hydrogen) atoms. The minimum Gasteiger partial charge on any atom is -0.508 e. The van der Waals surface area contributed by atoms with Crippen LogP contribution < -0.4 is 16.4 Å². The van der Waals surface area contributed by atoms with E-state index >= 15 is 0 Å². The van der Waals surface area contributed by atoms with Crippen molar-refractivity contribution < 1.29 is 29.4 Å². The molecule has 3 amide bonds. The minimum absolute atomic E-state index is 0.107. The Bertz CT molecular complexity index is 766. The van der Waals surface area contributed by atoms with Crippen molar-refractivity contribution in [2.75, 3.05) is 13.1 Å². The number of phenolic OH excluding ortho intramolecular Hbond substituents is 1. The summed E-state index contributed by atoms with van der Waals surface area (Å²) in [6.07, 6.45) is 1.21. The number of nitrogens with two attached hydrogens (primary N) is 1. The minimum atomic E-state index is -1.07. The Hall–Kier alpha value is -3.14. The number of carboxylic acids is 1. The fraction of sp³-hybridized carbons (Fsp3) is 0.474. The van der Waals surface area contributed by atoms with Crippen LogP contribution in [0.15, 0.2) is 24.3 Å². The third-order valence-electron chi connectivity index (χ3n) is 4.72. The number of carbonyl (C=O) groups is 4. The highest BCUT2D eigenvalue weighted by Crippen LogP contribution is 2.18. The molecule has 3 unspecified atom stereocenters. The summed E-state index contributed by atoms with van der Waals surface area (Å²) in [4.78, 5) is 48.9. The number of aliphatic carboxylic acids is 1. The number of aromatic hydroxyl groups is 1. The van der Waals surface area contributed by atoms with Crippen LogP contribution in [0.5, 0.6) is 5.75 Å². The maximum Gasteiger partial charge on any atom is 0.326 e. The van der Waals surface area contributed by atoms with E-state index < -0.39 is 41.8 Å². The average molecular weight is 406 g/mol. The molecule has 0 aliphatic carbocycles. The Labute approximate surface area is 168 Å². The van der Waals surface area contributed by atoms with Crippen molar-refractivity contribution in [3.63, 3.8) is 0 Å². The molecule has 6 N–H and O–H groups in total. The van der Waals surface area contributed by atoms with Gasteiger partial charge in [0.2, 0.25) is 17.7 Å². The maximum absolute atomic E-state index is 12.4. The zero-order valence-electron chi connectivity index (χ0n) is 16.1. The highest BCUT2D eigenvalue weighted by Gasteiger charge is 2.36. The van der Waals surface area contributed by atoms with Crippen LogP contribution in [0.25, 0.3) is 0 Å². The molecule has 1 fully saturated rings. The highest BCUT2D eigenvalue weighted by atomic mass is 16.4. The molecule has 1 aliphatic rings. The highest BCUT2D eigenvalue weighted by molar-refractivity contribution is 5.92. The number of nitrogens with one attached hydrogen (secondary N) is 2. The molecule has 0 bridgehead atoms. The largest absolute Gasteiger partial charge is 0.508 e. The van der Waals surface area contributed by atoms with Crippen LogP contribution in [0.4, 0.5) is 0 Å². The zero-order chi connectivity index (χ0) is 21.6. The van der Waals surface area contributed by atoms with E-state index in [1.54, 1.807) is 12.1 Å². The van der Waals surface area contributed by atoms with Crippen molar-refractivity contribution in [1.29, 1.82) is 0 Å². The van der Waals surface area contributed by atoms with E-state index in [4.69, 9.17) is 10.8 Å². The third kappa shape index (κ3) is 6.18. The van der Waals surface area contributed by atoms with E-state index in [1.807, 2.05) is 0 Å². The molecular formula is C19H26N4O6. The number of phenols is 1. The van der Waals surface area contributed by atoms with E-state index in [-0.39, 0.29) is 18.7 Å². The van der Waals surface area contributed by atoms with Crippen LogP contribution >= 0.6 is 0 Å². The van der Waals surface area contributed by atoms with Crippen molar-refractivity contribution in [2.24, 2.45) is 5.73 Å². The van der Waals surface area contributed by atoms with Crippen molar-refractivity contribution in [2.45, 2.75) is 44.3 Å². The molecule has 1 saturated heterocycles. The number of hydrogen-bond acceptors (Lipinski definition) is 6. The van der Waals surface area contributed by atoms with E-state index in [9.17, 15) is 24.3 Å². The van der Waals surface area contributed by atoms with Crippen molar-refractivity contribution in [3.8, 4) is 5.75 Å². The van der Waals surface area contributed by atoms with Gasteiger partial charge in [0.15, 0.2) is 0 Å². The first kappa shape index (κ1) is 22.2. The number of carboxylic acid groups (broad SMARTS) is 1. The van der Waals surface area contributed by atoms with Gasteiger partial charge in [0, 0.05) is 6.54 Å². The van der Waals surface area contributed by atoms with E-state index in [1.165, 1.54) is 24.0 Å². The Kier molecular flexibility index (Phi) is 7.54. The van der Waals surface area contributed by atoms with E-state index in [2.05, 4.69) is 10.6 Å². The summed E-state index contributed by atoms with van der Waals surface area (Å²) in [5.74, 6) is -2.54. The summed E-state index contributed by atoms with van der Waals surface area (Å²) in [5.41, 5.74) is 6.58. The molecule has 10 nitrogen and oxygen atoms in total. The Morgan fingerprint density at radius 2 is 1.90 bits per heavy atom. The molecule has 1 heterocycles. The lowest BCUT2D eigenvalue weighted by Crippen LogP contribution is -2.52. The summed E-state index contributed by atoms with van der Waals surface area (Å²) in [5, 5.41) is 23.3.